The molecular formula is C13H14ClFN2OS. The highest BCUT2D eigenvalue weighted by atomic mass is 35.5. The van der Waals surface area contributed by atoms with Crippen molar-refractivity contribution in [2.45, 2.75) is 19.4 Å². The summed E-state index contributed by atoms with van der Waals surface area (Å²) in [5.74, 6) is -0.461. The summed E-state index contributed by atoms with van der Waals surface area (Å²) in [6, 6.07) is 4.59. The quantitative estimate of drug-likeness (QED) is 0.903. The van der Waals surface area contributed by atoms with E-state index < -0.39 is 11.4 Å². The first-order valence-electron chi connectivity index (χ1n) is 5.71. The fourth-order valence-electron chi connectivity index (χ4n) is 1.45. The first-order valence-corrected chi connectivity index (χ1v) is 6.97. The molecule has 1 aromatic carbocycles. The molecular weight excluding hydrogens is 287 g/mol. The lowest BCUT2D eigenvalue weighted by atomic mass is 10.1. The van der Waals surface area contributed by atoms with E-state index in [2.05, 4.69) is 10.3 Å². The van der Waals surface area contributed by atoms with Gasteiger partial charge in [0.15, 0.2) is 5.13 Å². The van der Waals surface area contributed by atoms with Gasteiger partial charge in [-0.2, -0.15) is 0 Å². The largest absolute Gasteiger partial charge is 0.394 e. The van der Waals surface area contributed by atoms with E-state index in [1.165, 1.54) is 23.5 Å². The van der Waals surface area contributed by atoms with Crippen LogP contribution < -0.4 is 5.32 Å². The van der Waals surface area contributed by atoms with Gasteiger partial charge < -0.3 is 10.4 Å². The zero-order valence-electron chi connectivity index (χ0n) is 10.6. The minimum atomic E-state index is -0.461. The number of aromatic nitrogens is 1. The van der Waals surface area contributed by atoms with Crippen LogP contribution >= 0.6 is 22.9 Å². The van der Waals surface area contributed by atoms with Crippen molar-refractivity contribution in [1.82, 2.24) is 4.98 Å². The monoisotopic (exact) mass is 300 g/mol. The fourth-order valence-corrected chi connectivity index (χ4v) is 2.46. The highest BCUT2D eigenvalue weighted by Crippen LogP contribution is 2.28. The van der Waals surface area contributed by atoms with Crippen LogP contribution in [0.3, 0.4) is 0 Å². The zero-order chi connectivity index (χ0) is 14.0. The van der Waals surface area contributed by atoms with Gasteiger partial charge in [0, 0.05) is 10.9 Å². The molecule has 0 bridgehead atoms. The van der Waals surface area contributed by atoms with Crippen LogP contribution in [0.1, 0.15) is 13.8 Å². The summed E-state index contributed by atoms with van der Waals surface area (Å²) in [6.45, 7) is 3.74. The molecule has 0 atom stereocenters. The Morgan fingerprint density at radius 3 is 2.84 bits per heavy atom. The van der Waals surface area contributed by atoms with Gasteiger partial charge in [0.1, 0.15) is 5.82 Å². The Hall–Kier alpha value is -1.17. The molecule has 0 saturated carbocycles. The number of thiazole rings is 1. The molecule has 1 heterocycles. The number of benzene rings is 1. The van der Waals surface area contributed by atoms with Crippen molar-refractivity contribution >= 4 is 28.1 Å². The Bertz CT molecular complexity index is 586. The van der Waals surface area contributed by atoms with E-state index in [4.69, 9.17) is 11.6 Å². The Balaban J connectivity index is 2.23. The fraction of sp³-hybridized carbons (Fsp3) is 0.308. The van der Waals surface area contributed by atoms with Gasteiger partial charge in [-0.05, 0) is 26.0 Å². The summed E-state index contributed by atoms with van der Waals surface area (Å²) in [5, 5.41) is 14.9. The van der Waals surface area contributed by atoms with E-state index in [0.717, 1.165) is 0 Å². The summed E-state index contributed by atoms with van der Waals surface area (Å²) in [6.07, 6.45) is 0. The SMILES string of the molecule is CC(C)(CO)Nc1nc(-c2ccc(Cl)c(F)c2)cs1. The van der Waals surface area contributed by atoms with Crippen LogP contribution in [0, 0.1) is 5.82 Å². The van der Waals surface area contributed by atoms with Gasteiger partial charge in [0.05, 0.1) is 22.9 Å². The summed E-state index contributed by atoms with van der Waals surface area (Å²) in [7, 11) is 0. The third kappa shape index (κ3) is 3.43. The predicted octanol–water partition coefficient (Wildman–Crippen LogP) is 3.79. The van der Waals surface area contributed by atoms with E-state index in [1.807, 2.05) is 19.2 Å². The Kier molecular flexibility index (Phi) is 4.08. The molecule has 102 valence electrons. The van der Waals surface area contributed by atoms with Crippen LogP contribution in [0.2, 0.25) is 5.02 Å². The van der Waals surface area contributed by atoms with Gasteiger partial charge in [-0.15, -0.1) is 11.3 Å². The van der Waals surface area contributed by atoms with E-state index in [0.29, 0.717) is 16.4 Å². The number of rotatable bonds is 4. The molecule has 19 heavy (non-hydrogen) atoms. The van der Waals surface area contributed by atoms with Crippen molar-refractivity contribution in [1.29, 1.82) is 0 Å². The molecule has 0 aliphatic heterocycles. The van der Waals surface area contributed by atoms with Crippen molar-refractivity contribution in [3.05, 3.63) is 34.4 Å². The van der Waals surface area contributed by atoms with Gasteiger partial charge >= 0.3 is 0 Å². The topological polar surface area (TPSA) is 45.1 Å². The molecule has 0 spiro atoms. The van der Waals surface area contributed by atoms with Crippen LogP contribution in [-0.2, 0) is 0 Å². The number of hydrogen-bond acceptors (Lipinski definition) is 4. The molecule has 0 aliphatic rings. The molecule has 0 amide bonds. The normalized spacial score (nSPS) is 11.6. The average Bonchev–Trinajstić information content (AvgIpc) is 2.80. The lowest BCUT2D eigenvalue weighted by Crippen LogP contribution is -2.34. The molecule has 6 heteroatoms. The van der Waals surface area contributed by atoms with Crippen LogP contribution in [0.15, 0.2) is 23.6 Å². The maximum absolute atomic E-state index is 13.4. The van der Waals surface area contributed by atoms with Crippen molar-refractivity contribution in [2.24, 2.45) is 0 Å². The minimum Gasteiger partial charge on any atom is -0.394 e. The molecule has 1 aromatic heterocycles. The van der Waals surface area contributed by atoms with Crippen LogP contribution in [0.25, 0.3) is 11.3 Å². The third-order valence-electron chi connectivity index (χ3n) is 2.56. The minimum absolute atomic E-state index is 0.00249. The van der Waals surface area contributed by atoms with E-state index in [9.17, 15) is 9.50 Å². The van der Waals surface area contributed by atoms with Gasteiger partial charge in [-0.3, -0.25) is 0 Å². The van der Waals surface area contributed by atoms with E-state index >= 15 is 0 Å². The van der Waals surface area contributed by atoms with Crippen molar-refractivity contribution in [2.75, 3.05) is 11.9 Å². The van der Waals surface area contributed by atoms with Gasteiger partial charge in [0.2, 0.25) is 0 Å². The third-order valence-corrected chi connectivity index (χ3v) is 3.62. The number of halogens is 2. The Morgan fingerprint density at radius 2 is 2.21 bits per heavy atom. The molecule has 2 aromatic rings. The average molecular weight is 301 g/mol. The second-order valence-electron chi connectivity index (χ2n) is 4.83. The maximum Gasteiger partial charge on any atom is 0.183 e. The first-order chi connectivity index (χ1) is 8.91. The summed E-state index contributed by atoms with van der Waals surface area (Å²) in [4.78, 5) is 4.37. The lowest BCUT2D eigenvalue weighted by molar-refractivity contribution is 0.234. The van der Waals surface area contributed by atoms with Gasteiger partial charge in [-0.1, -0.05) is 17.7 Å². The lowest BCUT2D eigenvalue weighted by Gasteiger charge is -2.22. The summed E-state index contributed by atoms with van der Waals surface area (Å²) in [5.41, 5.74) is 0.908. The second-order valence-corrected chi connectivity index (χ2v) is 6.10. The highest BCUT2D eigenvalue weighted by Gasteiger charge is 2.17. The number of hydrogen-bond donors (Lipinski definition) is 2. The Labute approximate surface area is 120 Å². The highest BCUT2D eigenvalue weighted by molar-refractivity contribution is 7.14. The van der Waals surface area contributed by atoms with Gasteiger partial charge in [-0.25, -0.2) is 9.37 Å². The molecule has 0 aliphatic carbocycles. The standard InChI is InChI=1S/C13H14ClFN2OS/c1-13(2,7-18)17-12-16-11(6-19-12)8-3-4-9(14)10(15)5-8/h3-6,18H,7H2,1-2H3,(H,16,17). The maximum atomic E-state index is 13.4. The molecule has 0 unspecified atom stereocenters. The zero-order valence-corrected chi connectivity index (χ0v) is 12.1. The molecule has 3 nitrogen and oxygen atoms in total. The smallest absolute Gasteiger partial charge is 0.183 e. The molecule has 0 saturated heterocycles. The number of aliphatic hydroxyl groups excluding tert-OH is 1. The second kappa shape index (κ2) is 5.45. The van der Waals surface area contributed by atoms with Crippen molar-refractivity contribution in [3.63, 3.8) is 0 Å². The Morgan fingerprint density at radius 1 is 1.47 bits per heavy atom. The molecule has 0 radical (unpaired) electrons. The number of aliphatic hydroxyl groups is 1. The van der Waals surface area contributed by atoms with Crippen molar-refractivity contribution < 1.29 is 9.50 Å². The van der Waals surface area contributed by atoms with Crippen molar-refractivity contribution in [3.8, 4) is 11.3 Å². The van der Waals surface area contributed by atoms with E-state index in [1.54, 1.807) is 6.07 Å². The van der Waals surface area contributed by atoms with Crippen LogP contribution in [-0.4, -0.2) is 22.2 Å². The number of anilines is 1. The predicted molar refractivity (Wildman–Crippen MR) is 77.3 cm³/mol. The first kappa shape index (κ1) is 14.2. The van der Waals surface area contributed by atoms with Gasteiger partial charge in [0.25, 0.3) is 0 Å². The summed E-state index contributed by atoms with van der Waals surface area (Å²) >= 11 is 7.05. The van der Waals surface area contributed by atoms with E-state index in [-0.39, 0.29) is 11.6 Å². The van der Waals surface area contributed by atoms with Crippen LogP contribution in [0.5, 0.6) is 0 Å². The molecule has 0 fully saturated rings. The van der Waals surface area contributed by atoms with Crippen LogP contribution in [0.4, 0.5) is 9.52 Å². The number of nitrogens with zero attached hydrogens (tertiary/aromatic N) is 1. The molecule has 2 rings (SSSR count). The number of nitrogens with one attached hydrogen (secondary N) is 1. The summed E-state index contributed by atoms with van der Waals surface area (Å²) < 4.78 is 13.4. The molecule has 2 N–H and O–H groups in total.